The number of carbonyl (C=O) groups is 1. The van der Waals surface area contributed by atoms with Gasteiger partial charge < -0.3 is 5.11 Å². The lowest BCUT2D eigenvalue weighted by molar-refractivity contribution is 0.0689. The molecule has 14 heavy (non-hydrogen) atoms. The Morgan fingerprint density at radius 3 is 2.86 bits per heavy atom. The Labute approximate surface area is 80.0 Å². The van der Waals surface area contributed by atoms with E-state index in [2.05, 4.69) is 10.1 Å². The number of hydrogen-bond donors (Lipinski definition) is 1. The zero-order valence-electron chi connectivity index (χ0n) is 7.85. The summed E-state index contributed by atoms with van der Waals surface area (Å²) < 4.78 is 1.48. The van der Waals surface area contributed by atoms with Gasteiger partial charge in [0, 0.05) is 17.5 Å². The van der Waals surface area contributed by atoms with E-state index >= 15 is 0 Å². The summed E-state index contributed by atoms with van der Waals surface area (Å²) in [7, 11) is 0. The van der Waals surface area contributed by atoms with E-state index < -0.39 is 5.97 Å². The highest BCUT2D eigenvalue weighted by Gasteiger charge is 2.15. The normalized spacial score (nSPS) is 10.7. The lowest BCUT2D eigenvalue weighted by Crippen LogP contribution is -1.99. The Kier molecular flexibility index (Phi) is 1.73. The van der Waals surface area contributed by atoms with Crippen LogP contribution in [0.4, 0.5) is 0 Å². The van der Waals surface area contributed by atoms with Crippen LogP contribution in [-0.4, -0.2) is 25.7 Å². The van der Waals surface area contributed by atoms with Crippen LogP contribution in [0.2, 0.25) is 0 Å². The maximum absolute atomic E-state index is 10.8. The van der Waals surface area contributed by atoms with Gasteiger partial charge in [0.25, 0.3) is 0 Å². The van der Waals surface area contributed by atoms with Crippen LogP contribution >= 0.6 is 0 Å². The topological polar surface area (TPSA) is 67.5 Å². The fourth-order valence-corrected chi connectivity index (χ4v) is 1.33. The van der Waals surface area contributed by atoms with Crippen LogP contribution < -0.4 is 0 Å². The predicted molar refractivity (Wildman–Crippen MR) is 49.4 cm³/mol. The van der Waals surface area contributed by atoms with Gasteiger partial charge in [0.2, 0.25) is 0 Å². The molecule has 2 rings (SSSR count). The molecule has 5 heteroatoms. The van der Waals surface area contributed by atoms with Gasteiger partial charge in [-0.3, -0.25) is 0 Å². The van der Waals surface area contributed by atoms with E-state index in [0.29, 0.717) is 11.2 Å². The van der Waals surface area contributed by atoms with Gasteiger partial charge in [0.1, 0.15) is 0 Å². The summed E-state index contributed by atoms with van der Waals surface area (Å²) >= 11 is 0. The molecule has 0 aliphatic rings. The van der Waals surface area contributed by atoms with Gasteiger partial charge in [0.15, 0.2) is 11.3 Å². The standard InChI is InChI=1S/C9H9N3O2/c1-5-3-4-12-8(10-5)6(2)7(11-12)9(13)14/h3-4H,1-2H3,(H,13,14). The molecule has 2 heterocycles. The highest BCUT2D eigenvalue weighted by Crippen LogP contribution is 2.12. The molecule has 0 aliphatic heterocycles. The monoisotopic (exact) mass is 191 g/mol. The molecule has 72 valence electrons. The van der Waals surface area contributed by atoms with Crippen molar-refractivity contribution in [3.63, 3.8) is 0 Å². The first-order chi connectivity index (χ1) is 6.59. The number of aromatic nitrogens is 3. The number of fused-ring (bicyclic) bond motifs is 1. The summed E-state index contributed by atoms with van der Waals surface area (Å²) in [5.74, 6) is -1.02. The van der Waals surface area contributed by atoms with Crippen molar-refractivity contribution in [3.8, 4) is 0 Å². The van der Waals surface area contributed by atoms with Crippen molar-refractivity contribution >= 4 is 11.6 Å². The van der Waals surface area contributed by atoms with Crippen molar-refractivity contribution in [1.29, 1.82) is 0 Å². The van der Waals surface area contributed by atoms with E-state index in [9.17, 15) is 4.79 Å². The Bertz CT molecular complexity index is 516. The molecule has 0 fully saturated rings. The van der Waals surface area contributed by atoms with E-state index in [4.69, 9.17) is 5.11 Å². The minimum atomic E-state index is -1.02. The van der Waals surface area contributed by atoms with E-state index in [0.717, 1.165) is 5.69 Å². The third-order valence-corrected chi connectivity index (χ3v) is 2.06. The number of aromatic carboxylic acids is 1. The third-order valence-electron chi connectivity index (χ3n) is 2.06. The quantitative estimate of drug-likeness (QED) is 0.731. The maximum atomic E-state index is 10.8. The minimum Gasteiger partial charge on any atom is -0.476 e. The molecule has 0 amide bonds. The van der Waals surface area contributed by atoms with Crippen LogP contribution in [0.25, 0.3) is 5.65 Å². The maximum Gasteiger partial charge on any atom is 0.356 e. The SMILES string of the molecule is Cc1ccn2nc(C(=O)O)c(C)c2n1. The zero-order chi connectivity index (χ0) is 10.3. The van der Waals surface area contributed by atoms with Crippen LogP contribution in [0, 0.1) is 13.8 Å². The van der Waals surface area contributed by atoms with Gasteiger partial charge in [-0.25, -0.2) is 14.3 Å². The molecule has 0 radical (unpaired) electrons. The molecular weight excluding hydrogens is 182 g/mol. The van der Waals surface area contributed by atoms with Gasteiger partial charge in [-0.2, -0.15) is 5.10 Å². The largest absolute Gasteiger partial charge is 0.476 e. The first kappa shape index (κ1) is 8.68. The van der Waals surface area contributed by atoms with Crippen molar-refractivity contribution in [2.75, 3.05) is 0 Å². The fraction of sp³-hybridized carbons (Fsp3) is 0.222. The molecule has 0 saturated carbocycles. The van der Waals surface area contributed by atoms with Crippen LogP contribution in [0.15, 0.2) is 12.3 Å². The van der Waals surface area contributed by atoms with Crippen molar-refractivity contribution in [2.24, 2.45) is 0 Å². The van der Waals surface area contributed by atoms with Gasteiger partial charge in [-0.1, -0.05) is 0 Å². The molecule has 0 atom stereocenters. The smallest absolute Gasteiger partial charge is 0.356 e. The first-order valence-electron chi connectivity index (χ1n) is 4.15. The summed E-state index contributed by atoms with van der Waals surface area (Å²) in [4.78, 5) is 15.0. The molecular formula is C9H9N3O2. The second-order valence-corrected chi connectivity index (χ2v) is 3.12. The van der Waals surface area contributed by atoms with Crippen molar-refractivity contribution in [2.45, 2.75) is 13.8 Å². The lowest BCUT2D eigenvalue weighted by Gasteiger charge is -1.93. The molecule has 0 spiro atoms. The van der Waals surface area contributed by atoms with Crippen LogP contribution in [0.5, 0.6) is 0 Å². The molecule has 0 saturated heterocycles. The van der Waals surface area contributed by atoms with E-state index in [1.54, 1.807) is 19.2 Å². The zero-order valence-corrected chi connectivity index (χ0v) is 7.85. The number of nitrogens with zero attached hydrogens (tertiary/aromatic N) is 3. The Balaban J connectivity index is 2.80. The number of rotatable bonds is 1. The van der Waals surface area contributed by atoms with Crippen LogP contribution in [-0.2, 0) is 0 Å². The first-order valence-corrected chi connectivity index (χ1v) is 4.15. The Hall–Kier alpha value is -1.91. The molecule has 5 nitrogen and oxygen atoms in total. The van der Waals surface area contributed by atoms with Gasteiger partial charge in [-0.05, 0) is 19.9 Å². The molecule has 2 aromatic heterocycles. The molecule has 0 aliphatic carbocycles. The van der Waals surface area contributed by atoms with Crippen molar-refractivity contribution < 1.29 is 9.90 Å². The summed E-state index contributed by atoms with van der Waals surface area (Å²) in [6.07, 6.45) is 1.71. The highest BCUT2D eigenvalue weighted by atomic mass is 16.4. The second-order valence-electron chi connectivity index (χ2n) is 3.12. The summed E-state index contributed by atoms with van der Waals surface area (Å²) in [5.41, 5.74) is 2.10. The molecule has 0 bridgehead atoms. The molecule has 0 aromatic carbocycles. The van der Waals surface area contributed by atoms with E-state index in [1.165, 1.54) is 4.52 Å². The molecule has 2 aromatic rings. The average molecular weight is 191 g/mol. The number of hydrogen-bond acceptors (Lipinski definition) is 3. The Morgan fingerprint density at radius 2 is 2.21 bits per heavy atom. The van der Waals surface area contributed by atoms with E-state index in [1.807, 2.05) is 6.92 Å². The van der Waals surface area contributed by atoms with Gasteiger partial charge >= 0.3 is 5.97 Å². The molecule has 1 N–H and O–H groups in total. The number of aryl methyl sites for hydroxylation is 2. The lowest BCUT2D eigenvalue weighted by atomic mass is 10.2. The van der Waals surface area contributed by atoms with Gasteiger partial charge in [0.05, 0.1) is 0 Å². The third kappa shape index (κ3) is 1.14. The molecule has 0 unspecified atom stereocenters. The minimum absolute atomic E-state index is 0.0584. The van der Waals surface area contributed by atoms with Crippen LogP contribution in [0.1, 0.15) is 21.7 Å². The fourth-order valence-electron chi connectivity index (χ4n) is 1.33. The summed E-state index contributed by atoms with van der Waals surface area (Å²) in [6.45, 7) is 3.56. The van der Waals surface area contributed by atoms with Crippen molar-refractivity contribution in [1.82, 2.24) is 14.6 Å². The average Bonchev–Trinajstić information content (AvgIpc) is 2.44. The van der Waals surface area contributed by atoms with Crippen LogP contribution in [0.3, 0.4) is 0 Å². The number of carboxylic acid groups (broad SMARTS) is 1. The second kappa shape index (κ2) is 2.80. The number of carboxylic acids is 1. The Morgan fingerprint density at radius 1 is 1.50 bits per heavy atom. The van der Waals surface area contributed by atoms with E-state index in [-0.39, 0.29) is 5.69 Å². The van der Waals surface area contributed by atoms with Crippen molar-refractivity contribution in [3.05, 3.63) is 29.2 Å². The summed E-state index contributed by atoms with van der Waals surface area (Å²) in [5, 5.41) is 12.7. The van der Waals surface area contributed by atoms with Gasteiger partial charge in [-0.15, -0.1) is 0 Å². The highest BCUT2D eigenvalue weighted by molar-refractivity contribution is 5.89. The summed E-state index contributed by atoms with van der Waals surface area (Å²) in [6, 6.07) is 1.78. The predicted octanol–water partition coefficient (Wildman–Crippen LogP) is 1.04.